The first kappa shape index (κ1) is 14.5. The third-order valence-electron chi connectivity index (χ3n) is 2.09. The summed E-state index contributed by atoms with van der Waals surface area (Å²) in [5, 5.41) is 3.31. The van der Waals surface area contributed by atoms with E-state index < -0.39 is 0 Å². The predicted molar refractivity (Wildman–Crippen MR) is 71.9 cm³/mol. The normalized spacial score (nSPS) is 9.73. The fourth-order valence-corrected chi connectivity index (χ4v) is 1.30. The van der Waals surface area contributed by atoms with Crippen LogP contribution < -0.4 is 5.32 Å². The molecule has 0 saturated heterocycles. The number of halogens is 1. The summed E-state index contributed by atoms with van der Waals surface area (Å²) in [4.78, 5) is 0. The van der Waals surface area contributed by atoms with Gasteiger partial charge < -0.3 is 9.24 Å². The first-order valence-corrected chi connectivity index (χ1v) is 5.94. The van der Waals surface area contributed by atoms with Gasteiger partial charge in [0.2, 0.25) is 0 Å². The quantitative estimate of drug-likeness (QED) is 0.394. The number of nitrogens with one attached hydrogen (secondary N) is 1. The summed E-state index contributed by atoms with van der Waals surface area (Å²) in [5.41, 5.74) is 2.26. The topological polar surface area (TPSA) is 15.3 Å². The molecule has 0 aliphatic heterocycles. The van der Waals surface area contributed by atoms with Gasteiger partial charge in [-0.25, -0.2) is 0 Å². The largest absolute Gasteiger partial charge is 0.315 e. The van der Waals surface area contributed by atoms with Crippen LogP contribution >= 0.6 is 16.1 Å². The molecule has 0 unspecified atom stereocenters. The highest BCUT2D eigenvalue weighted by Crippen LogP contribution is 2.10. The van der Waals surface area contributed by atoms with E-state index in [-0.39, 0.29) is 0 Å². The van der Waals surface area contributed by atoms with Crippen LogP contribution in [0.25, 0.3) is 0 Å². The molecular formula is C12H21BrN2. The molecule has 0 fully saturated rings. The second-order valence-corrected chi connectivity index (χ2v) is 4.35. The molecule has 86 valence electrons. The lowest BCUT2D eigenvalue weighted by molar-refractivity contribution is 0.590. The molecule has 15 heavy (non-hydrogen) atoms. The maximum Gasteiger partial charge on any atom is 0.0491 e. The van der Waals surface area contributed by atoms with Crippen molar-refractivity contribution < 1.29 is 0 Å². The SMILES string of the molecule is C=CN(Br)CCNCC(=C)C(=C)CCC. The highest BCUT2D eigenvalue weighted by atomic mass is 79.9. The molecule has 0 saturated carbocycles. The van der Waals surface area contributed by atoms with E-state index in [1.807, 2.05) is 3.93 Å². The molecule has 0 radical (unpaired) electrons. The fourth-order valence-electron chi connectivity index (χ4n) is 1.12. The highest BCUT2D eigenvalue weighted by Gasteiger charge is 1.99. The molecule has 0 heterocycles. The van der Waals surface area contributed by atoms with Crippen molar-refractivity contribution in [3.8, 4) is 0 Å². The molecule has 0 atom stereocenters. The summed E-state index contributed by atoms with van der Waals surface area (Å²) < 4.78 is 1.86. The van der Waals surface area contributed by atoms with Crippen LogP contribution in [-0.2, 0) is 0 Å². The molecule has 0 rings (SSSR count). The second kappa shape index (κ2) is 8.74. The molecule has 0 aliphatic rings. The minimum absolute atomic E-state index is 0.816. The van der Waals surface area contributed by atoms with Gasteiger partial charge in [0.05, 0.1) is 0 Å². The Kier molecular flexibility index (Phi) is 8.43. The Balaban J connectivity index is 3.55. The average molecular weight is 273 g/mol. The number of hydrogen-bond acceptors (Lipinski definition) is 2. The van der Waals surface area contributed by atoms with Crippen molar-refractivity contribution in [3.63, 3.8) is 0 Å². The van der Waals surface area contributed by atoms with Gasteiger partial charge in [-0.2, -0.15) is 0 Å². The van der Waals surface area contributed by atoms with E-state index in [1.54, 1.807) is 6.20 Å². The van der Waals surface area contributed by atoms with E-state index in [4.69, 9.17) is 0 Å². The zero-order valence-electron chi connectivity index (χ0n) is 9.56. The van der Waals surface area contributed by atoms with Gasteiger partial charge in [0.1, 0.15) is 0 Å². The molecule has 0 bridgehead atoms. The Morgan fingerprint density at radius 2 is 2.07 bits per heavy atom. The van der Waals surface area contributed by atoms with Gasteiger partial charge >= 0.3 is 0 Å². The zero-order valence-corrected chi connectivity index (χ0v) is 11.1. The fraction of sp³-hybridized carbons (Fsp3) is 0.500. The maximum atomic E-state index is 4.00. The van der Waals surface area contributed by atoms with Crippen molar-refractivity contribution in [1.29, 1.82) is 0 Å². The van der Waals surface area contributed by atoms with Crippen molar-refractivity contribution in [2.45, 2.75) is 19.8 Å². The average Bonchev–Trinajstić information content (AvgIpc) is 2.23. The standard InChI is InChI=1S/C12H21BrN2/c1-5-7-11(3)12(4)10-14-8-9-15(13)6-2/h6,14H,2-5,7-10H2,1H3. The predicted octanol–water partition coefficient (Wildman–Crippen LogP) is 3.24. The Morgan fingerprint density at radius 3 is 2.60 bits per heavy atom. The van der Waals surface area contributed by atoms with E-state index in [9.17, 15) is 0 Å². The van der Waals surface area contributed by atoms with Crippen molar-refractivity contribution in [1.82, 2.24) is 9.24 Å². The van der Waals surface area contributed by atoms with Crippen molar-refractivity contribution >= 4 is 16.1 Å². The minimum Gasteiger partial charge on any atom is -0.315 e. The van der Waals surface area contributed by atoms with Crippen molar-refractivity contribution in [2.24, 2.45) is 0 Å². The first-order chi connectivity index (χ1) is 7.11. The summed E-state index contributed by atoms with van der Waals surface area (Å²) in [7, 11) is 0. The van der Waals surface area contributed by atoms with E-state index in [2.05, 4.69) is 48.1 Å². The summed E-state index contributed by atoms with van der Waals surface area (Å²) in [5.74, 6) is 0. The Labute approximate surface area is 102 Å². The van der Waals surface area contributed by atoms with Crippen LogP contribution in [-0.4, -0.2) is 23.6 Å². The van der Waals surface area contributed by atoms with Crippen LogP contribution in [0.5, 0.6) is 0 Å². The third kappa shape index (κ3) is 7.40. The second-order valence-electron chi connectivity index (χ2n) is 3.44. The van der Waals surface area contributed by atoms with Gasteiger partial charge in [-0.05, 0) is 12.0 Å². The minimum atomic E-state index is 0.816. The molecule has 3 heteroatoms. The molecule has 0 aromatic carbocycles. The lowest BCUT2D eigenvalue weighted by Gasteiger charge is -2.13. The zero-order chi connectivity index (χ0) is 11.7. The van der Waals surface area contributed by atoms with Crippen LogP contribution in [0.3, 0.4) is 0 Å². The molecular weight excluding hydrogens is 252 g/mol. The number of nitrogens with zero attached hydrogens (tertiary/aromatic N) is 1. The monoisotopic (exact) mass is 272 g/mol. The third-order valence-corrected chi connectivity index (χ3v) is 2.73. The molecule has 0 amide bonds. The van der Waals surface area contributed by atoms with Gasteiger partial charge in [-0.1, -0.05) is 38.7 Å². The lowest BCUT2D eigenvalue weighted by Crippen LogP contribution is -2.25. The van der Waals surface area contributed by atoms with Crippen LogP contribution in [0.1, 0.15) is 19.8 Å². The lowest BCUT2D eigenvalue weighted by atomic mass is 10.1. The first-order valence-electron chi connectivity index (χ1n) is 5.23. The Hall–Kier alpha value is -0.540. The molecule has 0 aromatic rings. The van der Waals surface area contributed by atoms with Gasteiger partial charge in [-0.3, -0.25) is 0 Å². The van der Waals surface area contributed by atoms with E-state index >= 15 is 0 Å². The van der Waals surface area contributed by atoms with E-state index in [0.29, 0.717) is 0 Å². The molecule has 0 spiro atoms. The smallest absolute Gasteiger partial charge is 0.0491 e. The molecule has 1 N–H and O–H groups in total. The van der Waals surface area contributed by atoms with Gasteiger partial charge in [0.25, 0.3) is 0 Å². The van der Waals surface area contributed by atoms with Gasteiger partial charge in [0.15, 0.2) is 0 Å². The summed E-state index contributed by atoms with van der Waals surface area (Å²) in [6, 6.07) is 0. The molecule has 2 nitrogen and oxygen atoms in total. The van der Waals surface area contributed by atoms with Crippen molar-refractivity contribution in [3.05, 3.63) is 37.1 Å². The molecule has 0 aliphatic carbocycles. The van der Waals surface area contributed by atoms with Crippen LogP contribution in [0.2, 0.25) is 0 Å². The molecule has 0 aromatic heterocycles. The van der Waals surface area contributed by atoms with Crippen LogP contribution in [0.4, 0.5) is 0 Å². The van der Waals surface area contributed by atoms with Gasteiger partial charge in [0, 0.05) is 42.0 Å². The summed E-state index contributed by atoms with van der Waals surface area (Å²) in [6.07, 6.45) is 3.91. The maximum absolute atomic E-state index is 4.00. The number of hydrogen-bond donors (Lipinski definition) is 1. The Bertz CT molecular complexity index is 224. The number of rotatable bonds is 9. The highest BCUT2D eigenvalue weighted by molar-refractivity contribution is 9.07. The summed E-state index contributed by atoms with van der Waals surface area (Å²) in [6.45, 7) is 16.4. The van der Waals surface area contributed by atoms with Crippen molar-refractivity contribution in [2.75, 3.05) is 19.6 Å². The van der Waals surface area contributed by atoms with Crippen LogP contribution in [0, 0.1) is 0 Å². The Morgan fingerprint density at radius 1 is 1.40 bits per heavy atom. The van der Waals surface area contributed by atoms with E-state index in [1.165, 1.54) is 0 Å². The van der Waals surface area contributed by atoms with Crippen LogP contribution in [0.15, 0.2) is 37.1 Å². The van der Waals surface area contributed by atoms with Gasteiger partial charge in [-0.15, -0.1) is 0 Å². The summed E-state index contributed by atoms with van der Waals surface area (Å²) >= 11 is 3.33. The van der Waals surface area contributed by atoms with E-state index in [0.717, 1.165) is 43.6 Å².